The Morgan fingerprint density at radius 1 is 1.14 bits per heavy atom. The second-order valence-electron chi connectivity index (χ2n) is 4.77. The smallest absolute Gasteiger partial charge is 0.326 e. The number of nitrogens with one attached hydrogen (secondary N) is 1. The number of amides is 1. The molecule has 1 unspecified atom stereocenters. The molecule has 0 aliphatic rings. The van der Waals surface area contributed by atoms with Gasteiger partial charge in [0.05, 0.1) is 6.42 Å². The molecule has 0 aromatic heterocycles. The van der Waals surface area contributed by atoms with Gasteiger partial charge in [-0.15, -0.1) is 0 Å². The number of carbonyl (C=O) groups excluding carboxylic acids is 1. The average Bonchev–Trinajstić information content (AvgIpc) is 2.39. The summed E-state index contributed by atoms with van der Waals surface area (Å²) in [5, 5.41) is 29.2. The minimum Gasteiger partial charge on any atom is -0.508 e. The van der Waals surface area contributed by atoms with Crippen LogP contribution in [0.2, 0.25) is 0 Å². The van der Waals surface area contributed by atoms with Crippen LogP contribution >= 0.6 is 0 Å². The number of aliphatic carboxylic acids is 2. The minimum absolute atomic E-state index is 0.0428. The highest BCUT2D eigenvalue weighted by Gasteiger charge is 2.24. The highest BCUT2D eigenvalue weighted by atomic mass is 16.4. The number of hydrogen-bond acceptors (Lipinski definition) is 4. The lowest BCUT2D eigenvalue weighted by atomic mass is 10.0. The summed E-state index contributed by atoms with van der Waals surface area (Å²) < 4.78 is 0. The summed E-state index contributed by atoms with van der Waals surface area (Å²) >= 11 is 0. The molecule has 0 spiro atoms. The van der Waals surface area contributed by atoms with Gasteiger partial charge in [0.1, 0.15) is 11.8 Å². The van der Waals surface area contributed by atoms with Crippen LogP contribution in [0.4, 0.5) is 0 Å². The molecular weight excluding hydrogens is 278 g/mol. The van der Waals surface area contributed by atoms with E-state index in [9.17, 15) is 14.4 Å². The van der Waals surface area contributed by atoms with Crippen LogP contribution in [-0.4, -0.2) is 39.2 Å². The number of hydrogen-bond donors (Lipinski definition) is 4. The molecule has 1 aromatic rings. The number of benzene rings is 1. The van der Waals surface area contributed by atoms with Crippen molar-refractivity contribution in [2.45, 2.75) is 25.8 Å². The molecule has 0 radical (unpaired) electrons. The molecule has 1 rings (SSSR count). The standard InChI is InChI=1S/C14H17NO6/c1-8(6-12(17)18)13(19)15-11(14(20)21)7-9-2-4-10(16)5-3-9/h2-5,8,11,16H,6-7H2,1H3,(H,15,19)(H,17,18)(H,20,21)/t8?,11-/m0/s1. The molecule has 0 aliphatic carbocycles. The number of rotatable bonds is 7. The summed E-state index contributed by atoms with van der Waals surface area (Å²) in [5.41, 5.74) is 0.631. The van der Waals surface area contributed by atoms with Crippen molar-refractivity contribution in [1.82, 2.24) is 5.32 Å². The number of aromatic hydroxyl groups is 1. The molecule has 0 saturated heterocycles. The van der Waals surface area contributed by atoms with Gasteiger partial charge in [0, 0.05) is 12.3 Å². The van der Waals surface area contributed by atoms with Gasteiger partial charge in [0.2, 0.25) is 5.91 Å². The number of phenolic OH excluding ortho intramolecular Hbond substituents is 1. The third-order valence-electron chi connectivity index (χ3n) is 2.92. The minimum atomic E-state index is -1.21. The summed E-state index contributed by atoms with van der Waals surface area (Å²) in [4.78, 5) is 33.5. The fourth-order valence-electron chi connectivity index (χ4n) is 1.74. The molecule has 7 heteroatoms. The molecule has 0 saturated carbocycles. The summed E-state index contributed by atoms with van der Waals surface area (Å²) in [7, 11) is 0. The molecule has 0 aliphatic heterocycles. The monoisotopic (exact) mass is 295 g/mol. The predicted molar refractivity (Wildman–Crippen MR) is 72.8 cm³/mol. The molecule has 4 N–H and O–H groups in total. The maximum atomic E-state index is 11.8. The number of phenols is 1. The Morgan fingerprint density at radius 2 is 1.71 bits per heavy atom. The van der Waals surface area contributed by atoms with Crippen molar-refractivity contribution in [2.24, 2.45) is 5.92 Å². The molecule has 0 bridgehead atoms. The van der Waals surface area contributed by atoms with Gasteiger partial charge in [0.25, 0.3) is 0 Å². The van der Waals surface area contributed by atoms with Crippen molar-refractivity contribution in [3.05, 3.63) is 29.8 Å². The molecule has 1 aromatic carbocycles. The van der Waals surface area contributed by atoms with Crippen molar-refractivity contribution in [3.8, 4) is 5.75 Å². The first-order valence-electron chi connectivity index (χ1n) is 6.32. The van der Waals surface area contributed by atoms with Gasteiger partial charge in [-0.05, 0) is 17.7 Å². The third kappa shape index (κ3) is 5.52. The lowest BCUT2D eigenvalue weighted by Gasteiger charge is -2.17. The van der Waals surface area contributed by atoms with E-state index in [1.807, 2.05) is 0 Å². The topological polar surface area (TPSA) is 124 Å². The Bertz CT molecular complexity index is 525. The largest absolute Gasteiger partial charge is 0.508 e. The highest BCUT2D eigenvalue weighted by Crippen LogP contribution is 2.12. The van der Waals surface area contributed by atoms with Gasteiger partial charge in [-0.2, -0.15) is 0 Å². The van der Waals surface area contributed by atoms with Crippen molar-refractivity contribution >= 4 is 17.8 Å². The maximum Gasteiger partial charge on any atom is 0.326 e. The van der Waals surface area contributed by atoms with Crippen LogP contribution in [0.25, 0.3) is 0 Å². The van der Waals surface area contributed by atoms with Crippen LogP contribution in [0.5, 0.6) is 5.75 Å². The van der Waals surface area contributed by atoms with E-state index in [4.69, 9.17) is 15.3 Å². The van der Waals surface area contributed by atoms with Gasteiger partial charge in [0.15, 0.2) is 0 Å². The van der Waals surface area contributed by atoms with Crippen molar-refractivity contribution in [1.29, 1.82) is 0 Å². The van der Waals surface area contributed by atoms with Crippen LogP contribution in [0.1, 0.15) is 18.9 Å². The highest BCUT2D eigenvalue weighted by molar-refractivity contribution is 5.87. The van der Waals surface area contributed by atoms with Gasteiger partial charge in [-0.3, -0.25) is 9.59 Å². The Labute approximate surface area is 121 Å². The first kappa shape index (κ1) is 16.5. The SMILES string of the molecule is CC(CC(=O)O)C(=O)N[C@@H](Cc1ccc(O)cc1)C(=O)O. The zero-order valence-electron chi connectivity index (χ0n) is 11.4. The Morgan fingerprint density at radius 3 is 2.19 bits per heavy atom. The lowest BCUT2D eigenvalue weighted by Crippen LogP contribution is -2.44. The molecule has 1 amide bonds. The van der Waals surface area contributed by atoms with E-state index in [0.29, 0.717) is 5.56 Å². The van der Waals surface area contributed by atoms with E-state index in [0.717, 1.165) is 0 Å². The number of carboxylic acid groups (broad SMARTS) is 2. The van der Waals surface area contributed by atoms with Gasteiger partial charge in [-0.25, -0.2) is 4.79 Å². The average molecular weight is 295 g/mol. The molecule has 0 heterocycles. The zero-order chi connectivity index (χ0) is 16.0. The van der Waals surface area contributed by atoms with E-state index in [1.165, 1.54) is 19.1 Å². The number of carbonyl (C=O) groups is 3. The molecular formula is C14H17NO6. The summed E-state index contributed by atoms with van der Waals surface area (Å²) in [6.45, 7) is 1.42. The second kappa shape index (κ2) is 7.28. The quantitative estimate of drug-likeness (QED) is 0.584. The Hall–Kier alpha value is -2.57. The fourth-order valence-corrected chi connectivity index (χ4v) is 1.74. The third-order valence-corrected chi connectivity index (χ3v) is 2.92. The van der Waals surface area contributed by atoms with E-state index < -0.39 is 29.8 Å². The number of carboxylic acids is 2. The van der Waals surface area contributed by atoms with Gasteiger partial charge < -0.3 is 20.6 Å². The molecule has 114 valence electrons. The normalized spacial score (nSPS) is 13.2. The summed E-state index contributed by atoms with van der Waals surface area (Å²) in [6.07, 6.45) is -0.321. The van der Waals surface area contributed by atoms with Crippen LogP contribution in [0.15, 0.2) is 24.3 Å². The van der Waals surface area contributed by atoms with E-state index in [-0.39, 0.29) is 18.6 Å². The van der Waals surface area contributed by atoms with E-state index in [1.54, 1.807) is 12.1 Å². The van der Waals surface area contributed by atoms with Crippen LogP contribution in [0.3, 0.4) is 0 Å². The summed E-state index contributed by atoms with van der Waals surface area (Å²) in [5.74, 6) is -3.71. The maximum absolute atomic E-state index is 11.8. The van der Waals surface area contributed by atoms with E-state index in [2.05, 4.69) is 5.32 Å². The van der Waals surface area contributed by atoms with Gasteiger partial charge >= 0.3 is 11.9 Å². The van der Waals surface area contributed by atoms with Crippen molar-refractivity contribution < 1.29 is 29.7 Å². The van der Waals surface area contributed by atoms with Crippen LogP contribution in [-0.2, 0) is 20.8 Å². The van der Waals surface area contributed by atoms with Crippen molar-refractivity contribution in [2.75, 3.05) is 0 Å². The zero-order valence-corrected chi connectivity index (χ0v) is 11.4. The first-order chi connectivity index (χ1) is 9.79. The lowest BCUT2D eigenvalue weighted by molar-refractivity contribution is -0.143. The molecule has 2 atom stereocenters. The molecule has 21 heavy (non-hydrogen) atoms. The first-order valence-corrected chi connectivity index (χ1v) is 6.32. The fraction of sp³-hybridized carbons (Fsp3) is 0.357. The van der Waals surface area contributed by atoms with Crippen LogP contribution < -0.4 is 5.32 Å². The van der Waals surface area contributed by atoms with Gasteiger partial charge in [-0.1, -0.05) is 19.1 Å². The Balaban J connectivity index is 2.69. The second-order valence-corrected chi connectivity index (χ2v) is 4.77. The van der Waals surface area contributed by atoms with Crippen molar-refractivity contribution in [3.63, 3.8) is 0 Å². The molecule has 7 nitrogen and oxygen atoms in total. The molecule has 0 fully saturated rings. The summed E-state index contributed by atoms with van der Waals surface area (Å²) in [6, 6.07) is 4.79. The van der Waals surface area contributed by atoms with Crippen LogP contribution in [0, 0.1) is 5.92 Å². The Kier molecular flexibility index (Phi) is 5.71. The van der Waals surface area contributed by atoms with E-state index >= 15 is 0 Å². The predicted octanol–water partition coefficient (Wildman–Crippen LogP) is 0.615.